The van der Waals surface area contributed by atoms with E-state index in [0.29, 0.717) is 19.5 Å². The van der Waals surface area contributed by atoms with E-state index in [9.17, 15) is 13.2 Å². The van der Waals surface area contributed by atoms with E-state index in [4.69, 9.17) is 4.74 Å². The number of hydrogen-bond acceptors (Lipinski definition) is 5. The van der Waals surface area contributed by atoms with Crippen molar-refractivity contribution in [3.63, 3.8) is 0 Å². The molecule has 0 aliphatic carbocycles. The van der Waals surface area contributed by atoms with E-state index < -0.39 is 22.0 Å². The van der Waals surface area contributed by atoms with Crippen LogP contribution in [0.2, 0.25) is 0 Å². The largest absolute Gasteiger partial charge is 0.465 e. The number of aromatic nitrogens is 2. The molecule has 21 heavy (non-hydrogen) atoms. The Kier molecular flexibility index (Phi) is 5.00. The molecule has 2 rings (SSSR count). The normalized spacial score (nSPS) is 20.4. The van der Waals surface area contributed by atoms with Crippen molar-refractivity contribution >= 4 is 16.0 Å². The van der Waals surface area contributed by atoms with Gasteiger partial charge in [-0.2, -0.15) is 4.31 Å². The quantitative estimate of drug-likeness (QED) is 0.757. The van der Waals surface area contributed by atoms with Crippen molar-refractivity contribution in [3.8, 4) is 0 Å². The Bertz CT molecular complexity index is 596. The number of carbonyl (C=O) groups is 1. The number of hydrogen-bond donors (Lipinski definition) is 0. The molecule has 1 saturated heterocycles. The van der Waals surface area contributed by atoms with Gasteiger partial charge in [-0.1, -0.05) is 0 Å². The van der Waals surface area contributed by atoms with Gasteiger partial charge in [0, 0.05) is 19.3 Å². The summed E-state index contributed by atoms with van der Waals surface area (Å²) in [5.74, 6) is -0.476. The second kappa shape index (κ2) is 6.57. The Labute approximate surface area is 125 Å². The third-order valence-corrected chi connectivity index (χ3v) is 5.35. The van der Waals surface area contributed by atoms with Crippen LogP contribution in [0.4, 0.5) is 0 Å². The summed E-state index contributed by atoms with van der Waals surface area (Å²) >= 11 is 0. The zero-order chi connectivity index (χ0) is 15.5. The average molecular weight is 315 g/mol. The Morgan fingerprint density at radius 1 is 1.43 bits per heavy atom. The molecule has 7 nitrogen and oxygen atoms in total. The fraction of sp³-hybridized carbons (Fsp3) is 0.692. The van der Waals surface area contributed by atoms with Gasteiger partial charge in [0.25, 0.3) is 10.0 Å². The predicted octanol–water partition coefficient (Wildman–Crippen LogP) is 1.01. The number of piperidine rings is 1. The van der Waals surface area contributed by atoms with Crippen molar-refractivity contribution in [2.24, 2.45) is 0 Å². The number of aryl methyl sites for hydroxylation is 1. The van der Waals surface area contributed by atoms with Crippen LogP contribution in [0.3, 0.4) is 0 Å². The van der Waals surface area contributed by atoms with Gasteiger partial charge in [-0.25, -0.2) is 13.4 Å². The zero-order valence-corrected chi connectivity index (χ0v) is 13.2. The van der Waals surface area contributed by atoms with Crippen molar-refractivity contribution in [3.05, 3.63) is 12.5 Å². The van der Waals surface area contributed by atoms with Gasteiger partial charge < -0.3 is 9.30 Å². The fourth-order valence-electron chi connectivity index (χ4n) is 2.43. The molecule has 1 unspecified atom stereocenters. The van der Waals surface area contributed by atoms with Gasteiger partial charge in [-0.15, -0.1) is 0 Å². The van der Waals surface area contributed by atoms with Crippen LogP contribution in [-0.4, -0.2) is 47.4 Å². The van der Waals surface area contributed by atoms with E-state index in [1.165, 1.54) is 16.8 Å². The van der Waals surface area contributed by atoms with E-state index in [2.05, 4.69) is 4.98 Å². The summed E-state index contributed by atoms with van der Waals surface area (Å²) in [5.41, 5.74) is 0. The minimum Gasteiger partial charge on any atom is -0.465 e. The third kappa shape index (κ3) is 3.26. The molecule has 0 radical (unpaired) electrons. The molecule has 0 spiro atoms. The number of carbonyl (C=O) groups excluding carboxylic acids is 1. The van der Waals surface area contributed by atoms with Crippen LogP contribution < -0.4 is 0 Å². The van der Waals surface area contributed by atoms with E-state index >= 15 is 0 Å². The summed E-state index contributed by atoms with van der Waals surface area (Å²) in [6.45, 7) is 4.82. The molecule has 0 amide bonds. The topological polar surface area (TPSA) is 81.5 Å². The Morgan fingerprint density at radius 3 is 2.81 bits per heavy atom. The molecule has 1 aliphatic heterocycles. The lowest BCUT2D eigenvalue weighted by atomic mass is 10.1. The predicted molar refractivity (Wildman–Crippen MR) is 76.1 cm³/mol. The lowest BCUT2D eigenvalue weighted by molar-refractivity contribution is -0.148. The first kappa shape index (κ1) is 16.0. The van der Waals surface area contributed by atoms with Crippen LogP contribution in [0, 0.1) is 0 Å². The summed E-state index contributed by atoms with van der Waals surface area (Å²) in [7, 11) is -3.76. The van der Waals surface area contributed by atoms with Gasteiger partial charge in [0.05, 0.1) is 12.9 Å². The number of nitrogens with zero attached hydrogens (tertiary/aromatic N) is 3. The zero-order valence-electron chi connectivity index (χ0n) is 12.4. The van der Waals surface area contributed by atoms with Gasteiger partial charge in [-0.3, -0.25) is 4.79 Å². The number of rotatable bonds is 5. The first-order valence-electron chi connectivity index (χ1n) is 7.21. The highest BCUT2D eigenvalue weighted by Gasteiger charge is 2.39. The summed E-state index contributed by atoms with van der Waals surface area (Å²) in [5, 5.41) is -0.0134. The summed E-state index contributed by atoms with van der Waals surface area (Å²) in [6, 6.07) is -0.740. The molecule has 8 heteroatoms. The first-order valence-corrected chi connectivity index (χ1v) is 8.65. The molecule has 0 bridgehead atoms. The molecule has 118 valence electrons. The molecule has 2 heterocycles. The van der Waals surface area contributed by atoms with Crippen molar-refractivity contribution in [1.29, 1.82) is 0 Å². The summed E-state index contributed by atoms with van der Waals surface area (Å²) in [4.78, 5) is 15.9. The van der Waals surface area contributed by atoms with Gasteiger partial charge in [0.15, 0.2) is 5.03 Å². The molecular formula is C13H21N3O4S. The van der Waals surface area contributed by atoms with E-state index in [-0.39, 0.29) is 11.6 Å². The number of imidazole rings is 1. The van der Waals surface area contributed by atoms with E-state index in [1.807, 2.05) is 6.92 Å². The van der Waals surface area contributed by atoms with Crippen LogP contribution in [0.1, 0.15) is 33.1 Å². The summed E-state index contributed by atoms with van der Waals surface area (Å²) < 4.78 is 33.3. The second-order valence-electron chi connectivity index (χ2n) is 4.92. The SMILES string of the molecule is CCOC(=O)C1CCCCN1S(=O)(=O)c1cn(CC)cn1. The highest BCUT2D eigenvalue weighted by Crippen LogP contribution is 2.25. The van der Waals surface area contributed by atoms with Gasteiger partial charge in [-0.05, 0) is 33.1 Å². The number of ether oxygens (including phenoxy) is 1. The maximum Gasteiger partial charge on any atom is 0.324 e. The monoisotopic (exact) mass is 315 g/mol. The minimum atomic E-state index is -3.76. The maximum absolute atomic E-state index is 12.7. The molecule has 0 N–H and O–H groups in total. The number of esters is 1. The Hall–Kier alpha value is -1.41. The summed E-state index contributed by atoms with van der Waals surface area (Å²) in [6.07, 6.45) is 5.03. The van der Waals surface area contributed by atoms with Crippen LogP contribution in [0.5, 0.6) is 0 Å². The molecule has 0 saturated carbocycles. The highest BCUT2D eigenvalue weighted by molar-refractivity contribution is 7.89. The molecule has 1 aromatic rings. The fourth-order valence-corrected chi connectivity index (χ4v) is 4.02. The number of sulfonamides is 1. The van der Waals surface area contributed by atoms with Gasteiger partial charge in [0.2, 0.25) is 0 Å². The van der Waals surface area contributed by atoms with Gasteiger partial charge >= 0.3 is 5.97 Å². The van der Waals surface area contributed by atoms with Crippen molar-refractivity contribution < 1.29 is 17.9 Å². The van der Waals surface area contributed by atoms with Crippen molar-refractivity contribution in [2.45, 2.75) is 50.7 Å². The first-order chi connectivity index (χ1) is 10.0. The highest BCUT2D eigenvalue weighted by atomic mass is 32.2. The van der Waals surface area contributed by atoms with E-state index in [0.717, 1.165) is 12.8 Å². The second-order valence-corrected chi connectivity index (χ2v) is 6.76. The van der Waals surface area contributed by atoms with Crippen LogP contribution in [0.15, 0.2) is 17.6 Å². The molecule has 1 fully saturated rings. The standard InChI is InChI=1S/C13H21N3O4S/c1-3-15-9-12(14-10-15)21(18,19)16-8-6-5-7-11(16)13(17)20-4-2/h9-11H,3-8H2,1-2H3. The molecule has 0 aromatic carbocycles. The molecule has 1 aliphatic rings. The molecular weight excluding hydrogens is 294 g/mol. The Balaban J connectivity index is 2.29. The smallest absolute Gasteiger partial charge is 0.324 e. The molecule has 1 aromatic heterocycles. The Morgan fingerprint density at radius 2 is 2.19 bits per heavy atom. The lowest BCUT2D eigenvalue weighted by Gasteiger charge is -2.32. The van der Waals surface area contributed by atoms with Gasteiger partial charge in [0.1, 0.15) is 6.04 Å². The van der Waals surface area contributed by atoms with E-state index in [1.54, 1.807) is 11.5 Å². The third-order valence-electron chi connectivity index (χ3n) is 3.56. The van der Waals surface area contributed by atoms with Crippen molar-refractivity contribution in [1.82, 2.24) is 13.9 Å². The minimum absolute atomic E-state index is 0.0134. The lowest BCUT2D eigenvalue weighted by Crippen LogP contribution is -2.48. The maximum atomic E-state index is 12.7. The van der Waals surface area contributed by atoms with Crippen LogP contribution in [-0.2, 0) is 26.1 Å². The van der Waals surface area contributed by atoms with Crippen LogP contribution >= 0.6 is 0 Å². The van der Waals surface area contributed by atoms with Crippen LogP contribution in [0.25, 0.3) is 0 Å². The van der Waals surface area contributed by atoms with Crippen molar-refractivity contribution in [2.75, 3.05) is 13.2 Å². The average Bonchev–Trinajstić information content (AvgIpc) is 2.97. The molecule has 1 atom stereocenters.